The molecule has 1 heterocycles. The third-order valence-corrected chi connectivity index (χ3v) is 3.98. The molecule has 0 saturated carbocycles. The Hall–Kier alpha value is -3.13. The molecule has 1 aliphatic rings. The fourth-order valence-corrected chi connectivity index (χ4v) is 3.03. The highest BCUT2D eigenvalue weighted by Gasteiger charge is 2.36. The zero-order valence-corrected chi connectivity index (χ0v) is 12.9. The molecule has 5 nitrogen and oxygen atoms in total. The highest BCUT2D eigenvalue weighted by atomic mass is 16.4. The van der Waals surface area contributed by atoms with Crippen LogP contribution < -0.4 is 4.90 Å². The first-order valence-electron chi connectivity index (χ1n) is 7.20. The average molecular weight is 305 g/mol. The van der Waals surface area contributed by atoms with Gasteiger partial charge in [0.15, 0.2) is 5.71 Å². The number of carbonyl (C=O) groups is 1. The van der Waals surface area contributed by atoms with Gasteiger partial charge in [-0.3, -0.25) is 4.79 Å². The van der Waals surface area contributed by atoms with Gasteiger partial charge >= 0.3 is 0 Å². The number of oxime groups is 1. The molecule has 0 radical (unpaired) electrons. The van der Waals surface area contributed by atoms with Gasteiger partial charge in [0, 0.05) is 5.56 Å². The summed E-state index contributed by atoms with van der Waals surface area (Å²) in [5.74, 6) is -0.357. The molecule has 0 spiro atoms. The molecule has 0 bridgehead atoms. The number of benzene rings is 2. The molecule has 0 aliphatic carbocycles. The molecule has 1 amide bonds. The SMILES string of the molecule is Cc1cc(C)c2c(c1)/C(=N/O)C(=O)N2Cc1ccccc1C#N. The van der Waals surface area contributed by atoms with Gasteiger partial charge in [-0.25, -0.2) is 0 Å². The highest BCUT2D eigenvalue weighted by molar-refractivity contribution is 6.54. The topological polar surface area (TPSA) is 76.7 Å². The molecule has 1 aliphatic heterocycles. The lowest BCUT2D eigenvalue weighted by Crippen LogP contribution is -2.30. The van der Waals surface area contributed by atoms with Crippen LogP contribution in [0.4, 0.5) is 5.69 Å². The number of nitrogens with zero attached hydrogens (tertiary/aromatic N) is 3. The van der Waals surface area contributed by atoms with Crippen molar-refractivity contribution in [1.82, 2.24) is 0 Å². The molecule has 0 unspecified atom stereocenters. The molecule has 114 valence electrons. The Labute approximate surface area is 134 Å². The van der Waals surface area contributed by atoms with E-state index in [2.05, 4.69) is 11.2 Å². The summed E-state index contributed by atoms with van der Waals surface area (Å²) in [5.41, 5.74) is 4.62. The smallest absolute Gasteiger partial charge is 0.281 e. The summed E-state index contributed by atoms with van der Waals surface area (Å²) in [6.07, 6.45) is 0. The standard InChI is InChI=1S/C18H15N3O2/c1-11-7-12(2)17-15(8-11)16(20-23)18(22)21(17)10-14-6-4-3-5-13(14)9-19/h3-8,23H,10H2,1-2H3/b20-16-. The van der Waals surface area contributed by atoms with Gasteiger partial charge in [-0.15, -0.1) is 0 Å². The number of aryl methyl sites for hydroxylation is 2. The Bertz CT molecular complexity index is 878. The van der Waals surface area contributed by atoms with E-state index in [9.17, 15) is 15.3 Å². The normalized spacial score (nSPS) is 14.9. The van der Waals surface area contributed by atoms with Crippen molar-refractivity contribution in [2.45, 2.75) is 20.4 Å². The maximum Gasteiger partial charge on any atom is 0.281 e. The average Bonchev–Trinajstić information content (AvgIpc) is 2.79. The second-order valence-electron chi connectivity index (χ2n) is 5.59. The van der Waals surface area contributed by atoms with E-state index >= 15 is 0 Å². The number of anilines is 1. The minimum absolute atomic E-state index is 0.0428. The van der Waals surface area contributed by atoms with E-state index in [1.165, 1.54) is 0 Å². The van der Waals surface area contributed by atoms with E-state index in [1.54, 1.807) is 17.0 Å². The van der Waals surface area contributed by atoms with Crippen molar-refractivity contribution in [2.75, 3.05) is 4.90 Å². The van der Waals surface area contributed by atoms with Gasteiger partial charge in [0.05, 0.1) is 23.9 Å². The van der Waals surface area contributed by atoms with E-state index in [4.69, 9.17) is 0 Å². The van der Waals surface area contributed by atoms with Gasteiger partial charge in [-0.1, -0.05) is 35.0 Å². The molecule has 1 N–H and O–H groups in total. The van der Waals surface area contributed by atoms with Crippen molar-refractivity contribution in [3.8, 4) is 6.07 Å². The van der Waals surface area contributed by atoms with Crippen molar-refractivity contribution < 1.29 is 10.0 Å². The van der Waals surface area contributed by atoms with E-state index < -0.39 is 0 Å². The minimum Gasteiger partial charge on any atom is -0.410 e. The van der Waals surface area contributed by atoms with Crippen LogP contribution in [0.5, 0.6) is 0 Å². The molecule has 0 aromatic heterocycles. The molecule has 2 aromatic rings. The van der Waals surface area contributed by atoms with E-state index in [1.807, 2.05) is 38.1 Å². The summed E-state index contributed by atoms with van der Waals surface area (Å²) in [5, 5.41) is 21.7. The summed E-state index contributed by atoms with van der Waals surface area (Å²) in [4.78, 5) is 14.2. The number of nitriles is 1. The Morgan fingerprint density at radius 1 is 1.26 bits per heavy atom. The van der Waals surface area contributed by atoms with Crippen LogP contribution in [0.3, 0.4) is 0 Å². The number of amides is 1. The molecular weight excluding hydrogens is 290 g/mol. The van der Waals surface area contributed by atoms with Gasteiger partial charge in [0.1, 0.15) is 0 Å². The number of fused-ring (bicyclic) bond motifs is 1. The molecule has 2 aromatic carbocycles. The van der Waals surface area contributed by atoms with Gasteiger partial charge < -0.3 is 10.1 Å². The van der Waals surface area contributed by atoms with Crippen LogP contribution >= 0.6 is 0 Å². The van der Waals surface area contributed by atoms with Crippen LogP contribution in [0.1, 0.15) is 27.8 Å². The third-order valence-electron chi connectivity index (χ3n) is 3.98. The van der Waals surface area contributed by atoms with E-state index in [0.29, 0.717) is 11.1 Å². The lowest BCUT2D eigenvalue weighted by molar-refractivity contribution is -0.112. The molecule has 5 heteroatoms. The largest absolute Gasteiger partial charge is 0.410 e. The Balaban J connectivity index is 2.12. The lowest BCUT2D eigenvalue weighted by Gasteiger charge is -2.19. The quantitative estimate of drug-likeness (QED) is 0.684. The highest BCUT2D eigenvalue weighted by Crippen LogP contribution is 2.35. The fourth-order valence-electron chi connectivity index (χ4n) is 3.03. The van der Waals surface area contributed by atoms with Crippen LogP contribution in [-0.4, -0.2) is 16.8 Å². The van der Waals surface area contributed by atoms with Crippen molar-refractivity contribution in [2.24, 2.45) is 5.16 Å². The van der Waals surface area contributed by atoms with Crippen LogP contribution in [0, 0.1) is 25.2 Å². The van der Waals surface area contributed by atoms with Crippen molar-refractivity contribution in [1.29, 1.82) is 5.26 Å². The summed E-state index contributed by atoms with van der Waals surface area (Å²) >= 11 is 0. The number of hydrogen-bond acceptors (Lipinski definition) is 4. The summed E-state index contributed by atoms with van der Waals surface area (Å²) in [6.45, 7) is 4.11. The van der Waals surface area contributed by atoms with Gasteiger partial charge in [0.25, 0.3) is 5.91 Å². The van der Waals surface area contributed by atoms with Crippen LogP contribution in [-0.2, 0) is 11.3 Å². The summed E-state index contributed by atoms with van der Waals surface area (Å²) in [6, 6.07) is 13.1. The minimum atomic E-state index is -0.357. The number of hydrogen-bond donors (Lipinski definition) is 1. The summed E-state index contributed by atoms with van der Waals surface area (Å²) < 4.78 is 0. The molecule has 3 rings (SSSR count). The number of carbonyl (C=O) groups excluding carboxylic acids is 1. The lowest BCUT2D eigenvalue weighted by atomic mass is 10.0. The molecule has 23 heavy (non-hydrogen) atoms. The van der Waals surface area contributed by atoms with E-state index in [0.717, 1.165) is 22.4 Å². The van der Waals surface area contributed by atoms with Gasteiger partial charge in [-0.05, 0) is 37.1 Å². The second-order valence-corrected chi connectivity index (χ2v) is 5.59. The first kappa shape index (κ1) is 14.8. The fraction of sp³-hybridized carbons (Fsp3) is 0.167. The second kappa shape index (κ2) is 5.58. The Kier molecular flexibility index (Phi) is 3.59. The predicted molar refractivity (Wildman–Crippen MR) is 86.6 cm³/mol. The van der Waals surface area contributed by atoms with Crippen molar-refractivity contribution in [3.63, 3.8) is 0 Å². The number of rotatable bonds is 2. The van der Waals surface area contributed by atoms with Gasteiger partial charge in [-0.2, -0.15) is 5.26 Å². The Morgan fingerprint density at radius 2 is 2.00 bits per heavy atom. The van der Waals surface area contributed by atoms with Gasteiger partial charge in [0.2, 0.25) is 0 Å². The molecule has 0 fully saturated rings. The predicted octanol–water partition coefficient (Wildman–Crippen LogP) is 2.90. The summed E-state index contributed by atoms with van der Waals surface area (Å²) in [7, 11) is 0. The first-order chi connectivity index (χ1) is 11.1. The van der Waals surface area contributed by atoms with E-state index in [-0.39, 0.29) is 18.2 Å². The van der Waals surface area contributed by atoms with Crippen molar-refractivity contribution >= 4 is 17.3 Å². The van der Waals surface area contributed by atoms with Crippen molar-refractivity contribution in [3.05, 3.63) is 64.2 Å². The monoisotopic (exact) mass is 305 g/mol. The van der Waals surface area contributed by atoms with Crippen LogP contribution in [0.25, 0.3) is 0 Å². The third kappa shape index (κ3) is 2.34. The molecule has 0 atom stereocenters. The maximum absolute atomic E-state index is 12.6. The zero-order valence-electron chi connectivity index (χ0n) is 12.9. The zero-order chi connectivity index (χ0) is 16.6. The first-order valence-corrected chi connectivity index (χ1v) is 7.20. The molecular formula is C18H15N3O2. The molecule has 0 saturated heterocycles. The van der Waals surface area contributed by atoms with Crippen LogP contribution in [0.2, 0.25) is 0 Å². The van der Waals surface area contributed by atoms with Crippen LogP contribution in [0.15, 0.2) is 41.6 Å². The Morgan fingerprint density at radius 3 is 2.70 bits per heavy atom. The maximum atomic E-state index is 12.6.